The van der Waals surface area contributed by atoms with Gasteiger partial charge in [-0.15, -0.1) is 0 Å². The molecule has 0 heteroatoms. The van der Waals surface area contributed by atoms with E-state index in [0.29, 0.717) is 0 Å². The zero-order valence-corrected chi connectivity index (χ0v) is 48.2. The summed E-state index contributed by atoms with van der Waals surface area (Å²) in [5.74, 6) is 0. The van der Waals surface area contributed by atoms with E-state index in [1.165, 1.54) is 398 Å². The largest absolute Gasteiger partial charge is 0.0917 e. The zero-order valence-electron chi connectivity index (χ0n) is 48.2. The first-order valence-electron chi connectivity index (χ1n) is 33.1. The lowest BCUT2D eigenvalue weighted by Gasteiger charge is -2.05. The lowest BCUT2D eigenvalue weighted by atomic mass is 10.0. The van der Waals surface area contributed by atoms with E-state index < -0.39 is 0 Å². The Balaban J connectivity index is 3.07. The summed E-state index contributed by atoms with van der Waals surface area (Å²) >= 11 is 0. The monoisotopic (exact) mass is 951 g/mol. The van der Waals surface area contributed by atoms with Gasteiger partial charge in [0.25, 0.3) is 0 Å². The molecule has 0 aliphatic heterocycles. The fraction of sp³-hybridized carbons (Fsp3) is 0.941. The van der Waals surface area contributed by atoms with Gasteiger partial charge in [0.1, 0.15) is 0 Å². The van der Waals surface area contributed by atoms with Crippen LogP contribution in [-0.4, -0.2) is 0 Å². The SMILES string of the molecule is CC=CCCCCCCCCCCCCCCCCCCCCCCCCCCCCCCCCCCCCCCCCCCCCCCCCCCCCCCCCCCCCCCC=CC. The van der Waals surface area contributed by atoms with Gasteiger partial charge in [-0.3, -0.25) is 0 Å². The van der Waals surface area contributed by atoms with E-state index in [2.05, 4.69) is 38.2 Å². The Morgan fingerprint density at radius 1 is 0.118 bits per heavy atom. The van der Waals surface area contributed by atoms with Crippen LogP contribution >= 0.6 is 0 Å². The Morgan fingerprint density at radius 2 is 0.191 bits per heavy atom. The molecule has 0 aliphatic rings. The van der Waals surface area contributed by atoms with Crippen LogP contribution in [0.15, 0.2) is 24.3 Å². The van der Waals surface area contributed by atoms with Crippen LogP contribution in [0.5, 0.6) is 0 Å². The summed E-state index contributed by atoms with van der Waals surface area (Å²) < 4.78 is 0. The summed E-state index contributed by atoms with van der Waals surface area (Å²) in [6.45, 7) is 4.27. The molecule has 406 valence electrons. The van der Waals surface area contributed by atoms with Crippen LogP contribution in [0.3, 0.4) is 0 Å². The highest BCUT2D eigenvalue weighted by Gasteiger charge is 2.00. The molecular formula is C68H134. The smallest absolute Gasteiger partial charge is 0.0351 e. The van der Waals surface area contributed by atoms with Gasteiger partial charge >= 0.3 is 0 Å². The molecule has 0 nitrogen and oxygen atoms in total. The molecule has 0 atom stereocenters. The minimum absolute atomic E-state index is 1.29. The van der Waals surface area contributed by atoms with Crippen LogP contribution in [0.4, 0.5) is 0 Å². The van der Waals surface area contributed by atoms with Gasteiger partial charge in [-0.2, -0.15) is 0 Å². The van der Waals surface area contributed by atoms with E-state index in [0.717, 1.165) is 0 Å². The van der Waals surface area contributed by atoms with Crippen molar-refractivity contribution in [3.8, 4) is 0 Å². The lowest BCUT2D eigenvalue weighted by molar-refractivity contribution is 0.506. The van der Waals surface area contributed by atoms with E-state index >= 15 is 0 Å². The molecule has 0 saturated heterocycles. The number of unbranched alkanes of at least 4 members (excludes halogenated alkanes) is 61. The van der Waals surface area contributed by atoms with Crippen molar-refractivity contribution in [2.75, 3.05) is 0 Å². The summed E-state index contributed by atoms with van der Waals surface area (Å²) in [6, 6.07) is 0. The number of hydrogen-bond acceptors (Lipinski definition) is 0. The first-order valence-corrected chi connectivity index (χ1v) is 33.1. The highest BCUT2D eigenvalue weighted by Crippen LogP contribution is 2.20. The first-order chi connectivity index (χ1) is 33.9. The van der Waals surface area contributed by atoms with Gasteiger partial charge in [0.05, 0.1) is 0 Å². The molecule has 0 unspecified atom stereocenters. The number of hydrogen-bond donors (Lipinski definition) is 0. The topological polar surface area (TPSA) is 0 Å². The van der Waals surface area contributed by atoms with E-state index in [4.69, 9.17) is 0 Å². The third-order valence-electron chi connectivity index (χ3n) is 16.0. The molecule has 0 radical (unpaired) electrons. The zero-order chi connectivity index (χ0) is 48.7. The van der Waals surface area contributed by atoms with Gasteiger partial charge in [0.2, 0.25) is 0 Å². The third-order valence-corrected chi connectivity index (χ3v) is 16.0. The van der Waals surface area contributed by atoms with Crippen LogP contribution in [0.1, 0.15) is 412 Å². The molecule has 0 aromatic rings. The maximum absolute atomic E-state index is 2.31. The fourth-order valence-corrected chi connectivity index (χ4v) is 11.1. The van der Waals surface area contributed by atoms with Gasteiger partial charge in [-0.05, 0) is 39.5 Å². The predicted molar refractivity (Wildman–Crippen MR) is 316 cm³/mol. The average Bonchev–Trinajstić information content (AvgIpc) is 3.35. The molecule has 0 bridgehead atoms. The summed E-state index contributed by atoms with van der Waals surface area (Å²) in [6.07, 6.45) is 101. The average molecular weight is 952 g/mol. The number of rotatable bonds is 63. The van der Waals surface area contributed by atoms with Crippen molar-refractivity contribution in [3.05, 3.63) is 24.3 Å². The fourth-order valence-electron chi connectivity index (χ4n) is 11.1. The van der Waals surface area contributed by atoms with E-state index in [1.54, 1.807) is 0 Å². The Bertz CT molecular complexity index is 808. The van der Waals surface area contributed by atoms with Crippen molar-refractivity contribution in [3.63, 3.8) is 0 Å². The molecule has 0 saturated carbocycles. The molecule has 0 N–H and O–H groups in total. The van der Waals surface area contributed by atoms with Gasteiger partial charge in [0.15, 0.2) is 0 Å². The van der Waals surface area contributed by atoms with Crippen LogP contribution in [-0.2, 0) is 0 Å². The standard InChI is InChI=1S/C68H134/c1-3-5-7-9-11-13-15-17-19-21-23-25-27-29-31-33-35-37-39-41-43-45-47-49-51-53-55-57-59-61-63-65-67-68-66-64-62-60-58-56-54-52-50-48-46-44-42-40-38-36-34-32-30-28-26-24-22-20-18-16-14-12-10-8-6-4-2/h3-6H,7-68H2,1-2H3. The molecule has 0 amide bonds. The molecule has 0 spiro atoms. The Morgan fingerprint density at radius 3 is 0.265 bits per heavy atom. The third kappa shape index (κ3) is 65.5. The maximum atomic E-state index is 2.31. The molecule has 0 rings (SSSR count). The second kappa shape index (κ2) is 66.5. The van der Waals surface area contributed by atoms with Gasteiger partial charge in [-0.1, -0.05) is 397 Å². The summed E-state index contributed by atoms with van der Waals surface area (Å²) in [4.78, 5) is 0. The molecule has 68 heavy (non-hydrogen) atoms. The van der Waals surface area contributed by atoms with E-state index in [-0.39, 0.29) is 0 Å². The Hall–Kier alpha value is -0.520. The molecular weight excluding hydrogens is 817 g/mol. The molecule has 0 heterocycles. The quantitative estimate of drug-likeness (QED) is 0.0421. The van der Waals surface area contributed by atoms with Crippen molar-refractivity contribution in [2.45, 2.75) is 412 Å². The van der Waals surface area contributed by atoms with Gasteiger partial charge in [-0.25, -0.2) is 0 Å². The van der Waals surface area contributed by atoms with Crippen molar-refractivity contribution >= 4 is 0 Å². The van der Waals surface area contributed by atoms with Gasteiger partial charge < -0.3 is 0 Å². The second-order valence-corrected chi connectivity index (χ2v) is 22.9. The molecule has 0 aliphatic carbocycles. The van der Waals surface area contributed by atoms with Crippen molar-refractivity contribution in [2.24, 2.45) is 0 Å². The van der Waals surface area contributed by atoms with Crippen LogP contribution in [0, 0.1) is 0 Å². The molecule has 0 aromatic heterocycles. The minimum atomic E-state index is 1.29. The van der Waals surface area contributed by atoms with Crippen LogP contribution in [0.25, 0.3) is 0 Å². The van der Waals surface area contributed by atoms with Gasteiger partial charge in [0, 0.05) is 0 Å². The van der Waals surface area contributed by atoms with E-state index in [1.807, 2.05) is 0 Å². The van der Waals surface area contributed by atoms with Crippen molar-refractivity contribution in [1.82, 2.24) is 0 Å². The highest BCUT2D eigenvalue weighted by atomic mass is 14.1. The van der Waals surface area contributed by atoms with E-state index in [9.17, 15) is 0 Å². The lowest BCUT2D eigenvalue weighted by Crippen LogP contribution is -1.85. The minimum Gasteiger partial charge on any atom is -0.0917 e. The summed E-state index contributed by atoms with van der Waals surface area (Å²) in [7, 11) is 0. The summed E-state index contributed by atoms with van der Waals surface area (Å²) in [5, 5.41) is 0. The van der Waals surface area contributed by atoms with Crippen molar-refractivity contribution < 1.29 is 0 Å². The Kier molecular flexibility index (Phi) is 66.0. The highest BCUT2D eigenvalue weighted by molar-refractivity contribution is 4.76. The maximum Gasteiger partial charge on any atom is -0.0351 e. The molecule has 0 aromatic carbocycles. The summed E-state index contributed by atoms with van der Waals surface area (Å²) in [5.41, 5.74) is 0. The van der Waals surface area contributed by atoms with Crippen molar-refractivity contribution in [1.29, 1.82) is 0 Å². The van der Waals surface area contributed by atoms with Crippen LogP contribution < -0.4 is 0 Å². The van der Waals surface area contributed by atoms with Crippen LogP contribution in [0.2, 0.25) is 0 Å². The first kappa shape index (κ1) is 67.5. The second-order valence-electron chi connectivity index (χ2n) is 22.9. The molecule has 0 fully saturated rings. The number of allylic oxidation sites excluding steroid dienone is 4. The Labute approximate surface area is 434 Å². The predicted octanol–water partition coefficient (Wildman–Crippen LogP) is 26.3. The normalized spacial score (nSPS) is 12.0.